The van der Waals surface area contributed by atoms with Crippen LogP contribution >= 0.6 is 11.6 Å². The minimum atomic E-state index is -3.72. The summed E-state index contributed by atoms with van der Waals surface area (Å²) in [6.07, 6.45) is 3.21. The average Bonchev–Trinajstić information content (AvgIpc) is 2.48. The molecule has 1 aromatic carbocycles. The van der Waals surface area contributed by atoms with Gasteiger partial charge in [0.1, 0.15) is 0 Å². The molecule has 0 aliphatic carbocycles. The molecular weight excluding hydrogens is 312 g/mol. The lowest BCUT2D eigenvalue weighted by Crippen LogP contribution is -2.33. The second kappa shape index (κ2) is 7.00. The molecule has 21 heavy (non-hydrogen) atoms. The van der Waals surface area contributed by atoms with Gasteiger partial charge in [0.25, 0.3) is 0 Å². The molecule has 5 nitrogen and oxygen atoms in total. The first-order valence-corrected chi connectivity index (χ1v) is 8.11. The predicted molar refractivity (Wildman–Crippen MR) is 80.4 cm³/mol. The summed E-state index contributed by atoms with van der Waals surface area (Å²) >= 11 is 5.85. The molecule has 112 valence electrons. The van der Waals surface area contributed by atoms with Crippen LogP contribution in [0.1, 0.15) is 5.56 Å². The van der Waals surface area contributed by atoms with Crippen LogP contribution in [0.15, 0.2) is 53.7 Å². The highest BCUT2D eigenvalue weighted by Crippen LogP contribution is 2.21. The Morgan fingerprint density at radius 3 is 2.67 bits per heavy atom. The number of sulfonamides is 1. The van der Waals surface area contributed by atoms with Gasteiger partial charge < -0.3 is 5.11 Å². The van der Waals surface area contributed by atoms with Crippen LogP contribution in [0.2, 0.25) is 5.02 Å². The Kier molecular flexibility index (Phi) is 5.30. The molecule has 0 amide bonds. The second-order valence-corrected chi connectivity index (χ2v) is 6.76. The number of aliphatic hydroxyl groups is 1. The first kappa shape index (κ1) is 15.9. The van der Waals surface area contributed by atoms with E-state index in [9.17, 15) is 8.42 Å². The third-order valence-electron chi connectivity index (χ3n) is 2.86. The van der Waals surface area contributed by atoms with Gasteiger partial charge in [-0.1, -0.05) is 23.7 Å². The van der Waals surface area contributed by atoms with Crippen molar-refractivity contribution in [3.63, 3.8) is 0 Å². The van der Waals surface area contributed by atoms with Gasteiger partial charge in [-0.2, -0.15) is 4.31 Å². The Morgan fingerprint density at radius 1 is 1.24 bits per heavy atom. The number of halogens is 1. The van der Waals surface area contributed by atoms with Gasteiger partial charge in [0, 0.05) is 30.5 Å². The van der Waals surface area contributed by atoms with Gasteiger partial charge >= 0.3 is 0 Å². The Hall–Kier alpha value is -1.47. The number of hydrogen-bond acceptors (Lipinski definition) is 4. The minimum absolute atomic E-state index is 0.00371. The molecule has 0 spiro atoms. The molecular formula is C14H15ClN2O3S. The van der Waals surface area contributed by atoms with E-state index in [1.54, 1.807) is 36.7 Å². The molecule has 0 saturated carbocycles. The zero-order chi connectivity index (χ0) is 15.3. The number of nitrogens with zero attached hydrogens (tertiary/aromatic N) is 2. The normalized spacial score (nSPS) is 11.8. The van der Waals surface area contributed by atoms with E-state index in [1.807, 2.05) is 0 Å². The Bertz CT molecular complexity index is 692. The smallest absolute Gasteiger partial charge is 0.243 e. The molecule has 1 N–H and O–H groups in total. The highest BCUT2D eigenvalue weighted by atomic mass is 35.5. The van der Waals surface area contributed by atoms with Gasteiger partial charge in [-0.15, -0.1) is 0 Å². The maximum Gasteiger partial charge on any atom is 0.243 e. The van der Waals surface area contributed by atoms with E-state index in [-0.39, 0.29) is 24.6 Å². The summed E-state index contributed by atoms with van der Waals surface area (Å²) in [5, 5.41) is 9.48. The van der Waals surface area contributed by atoms with Crippen LogP contribution in [-0.4, -0.2) is 36.0 Å². The summed E-state index contributed by atoms with van der Waals surface area (Å²) in [5.41, 5.74) is 0.747. The van der Waals surface area contributed by atoms with Crippen LogP contribution in [0, 0.1) is 0 Å². The predicted octanol–water partition coefficient (Wildman–Crippen LogP) is 1.92. The molecule has 0 aliphatic rings. The zero-order valence-electron chi connectivity index (χ0n) is 11.2. The minimum Gasteiger partial charge on any atom is -0.395 e. The van der Waals surface area contributed by atoms with E-state index in [0.29, 0.717) is 5.02 Å². The topological polar surface area (TPSA) is 70.5 Å². The molecule has 1 heterocycles. The summed E-state index contributed by atoms with van der Waals surface area (Å²) < 4.78 is 26.4. The van der Waals surface area contributed by atoms with Gasteiger partial charge in [-0.3, -0.25) is 4.98 Å². The molecule has 2 rings (SSSR count). The summed E-state index contributed by atoms with van der Waals surface area (Å²) in [6.45, 7) is -0.118. The second-order valence-electron chi connectivity index (χ2n) is 4.38. The summed E-state index contributed by atoms with van der Waals surface area (Å²) in [5.74, 6) is 0. The lowest BCUT2D eigenvalue weighted by molar-refractivity contribution is 0.251. The largest absolute Gasteiger partial charge is 0.395 e. The van der Waals surface area contributed by atoms with Crippen LogP contribution in [0.5, 0.6) is 0 Å². The molecule has 0 radical (unpaired) electrons. The lowest BCUT2D eigenvalue weighted by atomic mass is 10.3. The fourth-order valence-corrected chi connectivity index (χ4v) is 3.59. The van der Waals surface area contributed by atoms with Crippen molar-refractivity contribution in [3.8, 4) is 0 Å². The Labute approximate surface area is 128 Å². The number of benzene rings is 1. The lowest BCUT2D eigenvalue weighted by Gasteiger charge is -2.21. The first-order chi connectivity index (χ1) is 10.0. The maximum atomic E-state index is 12.6. The summed E-state index contributed by atoms with van der Waals surface area (Å²) in [6, 6.07) is 9.58. The van der Waals surface area contributed by atoms with Gasteiger partial charge in [0.05, 0.1) is 11.5 Å². The van der Waals surface area contributed by atoms with Crippen molar-refractivity contribution in [2.24, 2.45) is 0 Å². The molecule has 2 aromatic rings. The molecule has 0 aliphatic heterocycles. The molecule has 7 heteroatoms. The van der Waals surface area contributed by atoms with Crippen LogP contribution in [0.3, 0.4) is 0 Å². The SMILES string of the molecule is O=S(=O)(c1cccc(Cl)c1)N(CCO)Cc1cccnc1. The van der Waals surface area contributed by atoms with E-state index in [4.69, 9.17) is 16.7 Å². The Morgan fingerprint density at radius 2 is 2.05 bits per heavy atom. The number of aromatic nitrogens is 1. The number of aliphatic hydroxyl groups excluding tert-OH is 1. The van der Waals surface area contributed by atoms with E-state index in [0.717, 1.165) is 5.56 Å². The zero-order valence-corrected chi connectivity index (χ0v) is 12.8. The number of hydrogen-bond donors (Lipinski definition) is 1. The summed E-state index contributed by atoms with van der Waals surface area (Å²) in [4.78, 5) is 4.07. The van der Waals surface area contributed by atoms with Crippen molar-refractivity contribution in [2.45, 2.75) is 11.4 Å². The molecule has 1 aromatic heterocycles. The molecule has 0 unspecified atom stereocenters. The fraction of sp³-hybridized carbons (Fsp3) is 0.214. The van der Waals surface area contributed by atoms with Crippen molar-refractivity contribution in [2.75, 3.05) is 13.2 Å². The highest BCUT2D eigenvalue weighted by Gasteiger charge is 2.24. The first-order valence-electron chi connectivity index (χ1n) is 6.29. The molecule has 0 bridgehead atoms. The van der Waals surface area contributed by atoms with Crippen LogP contribution < -0.4 is 0 Å². The van der Waals surface area contributed by atoms with Gasteiger partial charge in [0.15, 0.2) is 0 Å². The monoisotopic (exact) mass is 326 g/mol. The quantitative estimate of drug-likeness (QED) is 0.880. The number of pyridine rings is 1. The van der Waals surface area contributed by atoms with Crippen LogP contribution in [-0.2, 0) is 16.6 Å². The van der Waals surface area contributed by atoms with Crippen LogP contribution in [0.4, 0.5) is 0 Å². The maximum absolute atomic E-state index is 12.6. The fourth-order valence-electron chi connectivity index (χ4n) is 1.87. The van der Waals surface area contributed by atoms with E-state index in [1.165, 1.54) is 16.4 Å². The van der Waals surface area contributed by atoms with Gasteiger partial charge in [-0.25, -0.2) is 8.42 Å². The third kappa shape index (κ3) is 4.01. The third-order valence-corrected chi connectivity index (χ3v) is 4.94. The molecule has 0 saturated heterocycles. The van der Waals surface area contributed by atoms with Crippen molar-refractivity contribution in [3.05, 3.63) is 59.4 Å². The number of rotatable bonds is 6. The molecule has 0 fully saturated rings. The molecule has 0 atom stereocenters. The van der Waals surface area contributed by atoms with Crippen molar-refractivity contribution < 1.29 is 13.5 Å². The average molecular weight is 327 g/mol. The van der Waals surface area contributed by atoms with Gasteiger partial charge in [-0.05, 0) is 29.8 Å². The van der Waals surface area contributed by atoms with Gasteiger partial charge in [0.2, 0.25) is 10.0 Å². The van der Waals surface area contributed by atoms with Crippen molar-refractivity contribution in [1.82, 2.24) is 9.29 Å². The highest BCUT2D eigenvalue weighted by molar-refractivity contribution is 7.89. The van der Waals surface area contributed by atoms with Crippen molar-refractivity contribution >= 4 is 21.6 Å². The van der Waals surface area contributed by atoms with E-state index in [2.05, 4.69) is 4.98 Å². The van der Waals surface area contributed by atoms with E-state index < -0.39 is 10.0 Å². The standard InChI is InChI=1S/C14H15ClN2O3S/c15-13-4-1-5-14(9-13)21(19,20)17(7-8-18)11-12-3-2-6-16-10-12/h1-6,9-10,18H,7-8,11H2. The summed E-state index contributed by atoms with van der Waals surface area (Å²) in [7, 11) is -3.72. The Balaban J connectivity index is 2.32. The van der Waals surface area contributed by atoms with Crippen molar-refractivity contribution in [1.29, 1.82) is 0 Å². The van der Waals surface area contributed by atoms with E-state index >= 15 is 0 Å². The van der Waals surface area contributed by atoms with Crippen LogP contribution in [0.25, 0.3) is 0 Å².